The molecule has 4 heterocycles. The van der Waals surface area contributed by atoms with Gasteiger partial charge in [0.15, 0.2) is 0 Å². The number of hydrogen-bond acceptors (Lipinski definition) is 6. The maximum absolute atomic E-state index is 12.7. The van der Waals surface area contributed by atoms with Gasteiger partial charge in [0.25, 0.3) is 0 Å². The zero-order chi connectivity index (χ0) is 25.4. The van der Waals surface area contributed by atoms with Crippen molar-refractivity contribution in [3.63, 3.8) is 0 Å². The normalized spacial score (nSPS) is 18.6. The lowest BCUT2D eigenvalue weighted by molar-refractivity contribution is -0.327. The third-order valence-electron chi connectivity index (χ3n) is 6.36. The van der Waals surface area contributed by atoms with Gasteiger partial charge in [-0.3, -0.25) is 14.3 Å². The number of likely N-dealkylation sites (tertiary alicyclic amines) is 1. The summed E-state index contributed by atoms with van der Waals surface area (Å²) >= 11 is 0. The minimum atomic E-state index is -4.68. The number of rotatable bonds is 5. The van der Waals surface area contributed by atoms with Crippen molar-refractivity contribution in [1.29, 1.82) is 0 Å². The molecule has 3 aromatic heterocycles. The van der Waals surface area contributed by atoms with Crippen LogP contribution in [0.4, 0.5) is 19.0 Å². The van der Waals surface area contributed by atoms with Crippen LogP contribution in [0.2, 0.25) is 0 Å². The number of alkyl halides is 3. The van der Waals surface area contributed by atoms with Crippen molar-refractivity contribution < 1.29 is 17.9 Å². The van der Waals surface area contributed by atoms with Crippen molar-refractivity contribution in [1.82, 2.24) is 29.2 Å². The van der Waals surface area contributed by atoms with Crippen molar-refractivity contribution >= 4 is 27.8 Å². The lowest BCUT2D eigenvalue weighted by atomic mass is 10.1. The van der Waals surface area contributed by atoms with E-state index in [1.54, 1.807) is 29.3 Å². The number of fused-ring (bicyclic) bond motifs is 2. The van der Waals surface area contributed by atoms with Crippen LogP contribution >= 0.6 is 0 Å². The van der Waals surface area contributed by atoms with E-state index in [1.165, 1.54) is 0 Å². The molecule has 1 aliphatic rings. The fraction of sp³-hybridized carbons (Fsp3) is 0.320. The second-order valence-corrected chi connectivity index (χ2v) is 8.74. The van der Waals surface area contributed by atoms with Crippen LogP contribution in [0.1, 0.15) is 23.7 Å². The van der Waals surface area contributed by atoms with Crippen molar-refractivity contribution in [2.75, 3.05) is 25.4 Å². The third kappa shape index (κ3) is 4.65. The van der Waals surface area contributed by atoms with Gasteiger partial charge in [0.1, 0.15) is 11.5 Å². The summed E-state index contributed by atoms with van der Waals surface area (Å²) in [6, 6.07) is 6.92. The van der Waals surface area contributed by atoms with Crippen molar-refractivity contribution in [3.05, 3.63) is 60.7 Å². The molecule has 0 spiro atoms. The smallest absolute Gasteiger partial charge is 0.383 e. The number of aryl methyl sites for hydroxylation is 1. The number of pyridine rings is 1. The Morgan fingerprint density at radius 2 is 2.06 bits per heavy atom. The van der Waals surface area contributed by atoms with Crippen molar-refractivity contribution in [2.24, 2.45) is 7.05 Å². The van der Waals surface area contributed by atoms with Gasteiger partial charge in [0.05, 0.1) is 40.9 Å². The molecule has 36 heavy (non-hydrogen) atoms. The highest BCUT2D eigenvalue weighted by Gasteiger charge is 2.38. The average molecular weight is 496 g/mol. The summed E-state index contributed by atoms with van der Waals surface area (Å²) in [5.74, 6) is 6.54. The number of halogens is 3. The van der Waals surface area contributed by atoms with Crippen LogP contribution < -0.4 is 5.73 Å². The van der Waals surface area contributed by atoms with Gasteiger partial charge in [-0.1, -0.05) is 12.0 Å². The van der Waals surface area contributed by atoms with E-state index in [0.717, 1.165) is 22.1 Å². The lowest BCUT2D eigenvalue weighted by Gasteiger charge is -2.22. The molecule has 0 aliphatic carbocycles. The van der Waals surface area contributed by atoms with E-state index < -0.39 is 19.0 Å². The fourth-order valence-corrected chi connectivity index (χ4v) is 4.71. The highest BCUT2D eigenvalue weighted by atomic mass is 19.4. The molecule has 1 aliphatic heterocycles. The third-order valence-corrected chi connectivity index (χ3v) is 6.36. The van der Waals surface area contributed by atoms with E-state index in [0.29, 0.717) is 36.4 Å². The highest BCUT2D eigenvalue weighted by Crippen LogP contribution is 2.33. The first kappa shape index (κ1) is 23.8. The number of nitrogens with two attached hydrogens (primary N) is 1. The monoisotopic (exact) mass is 495 g/mol. The molecular formula is C25H24F3N7O. The van der Waals surface area contributed by atoms with Crippen LogP contribution in [0.15, 0.2) is 49.4 Å². The van der Waals surface area contributed by atoms with Gasteiger partial charge in [0, 0.05) is 37.9 Å². The number of nitrogens with zero attached hydrogens (tertiary/aromatic N) is 6. The number of anilines is 1. The summed E-state index contributed by atoms with van der Waals surface area (Å²) < 4.78 is 45.9. The standard InChI is InChI=1S/C25H24F3N7O/c1-3-10-34-13-17(12-18(34)14-36-25(26,27)28)35-22-8-9-30-24(29)23(22)19(32-35)6-4-16-5-7-21-20(11-16)31-15-33(21)2/h3,5,7-9,11,15,17-18H,1,10,12-14H2,2H3,(H2,29,30)/t17?,18-/m1/s1. The second kappa shape index (κ2) is 9.29. The predicted octanol–water partition coefficient (Wildman–Crippen LogP) is 3.64. The molecular weight excluding hydrogens is 471 g/mol. The van der Waals surface area contributed by atoms with E-state index in [-0.39, 0.29) is 6.04 Å². The van der Waals surface area contributed by atoms with Crippen LogP contribution in [-0.4, -0.2) is 61.3 Å². The summed E-state index contributed by atoms with van der Waals surface area (Å²) in [5, 5.41) is 5.36. The molecule has 4 aromatic rings. The van der Waals surface area contributed by atoms with E-state index in [2.05, 4.69) is 33.1 Å². The minimum absolute atomic E-state index is 0.198. The molecule has 2 N–H and O–H groups in total. The molecule has 0 bridgehead atoms. The summed E-state index contributed by atoms with van der Waals surface area (Å²) in [6.45, 7) is 4.19. The molecule has 1 saturated heterocycles. The Hall–Kier alpha value is -3.88. The first-order valence-corrected chi connectivity index (χ1v) is 11.3. The summed E-state index contributed by atoms with van der Waals surface area (Å²) in [5.41, 5.74) is 9.99. The topological polar surface area (TPSA) is 87.0 Å². The second-order valence-electron chi connectivity index (χ2n) is 8.74. The molecule has 2 atom stereocenters. The fourth-order valence-electron chi connectivity index (χ4n) is 4.71. The Morgan fingerprint density at radius 1 is 1.22 bits per heavy atom. The Bertz CT molecular complexity index is 1490. The van der Waals surface area contributed by atoms with E-state index in [9.17, 15) is 13.2 Å². The Balaban J connectivity index is 1.49. The number of benzene rings is 1. The Labute approximate surface area is 205 Å². The first-order chi connectivity index (χ1) is 17.2. The molecule has 11 heteroatoms. The van der Waals surface area contributed by atoms with Crippen molar-refractivity contribution in [3.8, 4) is 11.8 Å². The van der Waals surface area contributed by atoms with Gasteiger partial charge in [-0.25, -0.2) is 9.97 Å². The van der Waals surface area contributed by atoms with Crippen LogP contribution in [0.5, 0.6) is 0 Å². The van der Waals surface area contributed by atoms with Crippen LogP contribution in [0.25, 0.3) is 21.9 Å². The number of aromatic nitrogens is 5. The van der Waals surface area contributed by atoms with Gasteiger partial charge >= 0.3 is 6.36 Å². The Morgan fingerprint density at radius 3 is 2.83 bits per heavy atom. The summed E-state index contributed by atoms with van der Waals surface area (Å²) in [6.07, 6.45) is 0.738. The van der Waals surface area contributed by atoms with Crippen LogP contribution in [-0.2, 0) is 11.8 Å². The van der Waals surface area contributed by atoms with Gasteiger partial charge in [-0.05, 0) is 36.6 Å². The Kier molecular flexibility index (Phi) is 6.15. The molecule has 0 radical (unpaired) electrons. The molecule has 186 valence electrons. The lowest BCUT2D eigenvalue weighted by Crippen LogP contribution is -2.35. The number of nitrogen functional groups attached to an aromatic ring is 1. The summed E-state index contributed by atoms with van der Waals surface area (Å²) in [4.78, 5) is 10.5. The quantitative estimate of drug-likeness (QED) is 0.336. The zero-order valence-corrected chi connectivity index (χ0v) is 19.5. The molecule has 1 aromatic carbocycles. The number of hydrogen-bond donors (Lipinski definition) is 1. The van der Waals surface area contributed by atoms with Crippen molar-refractivity contribution in [2.45, 2.75) is 24.9 Å². The zero-order valence-electron chi connectivity index (χ0n) is 19.5. The summed E-state index contributed by atoms with van der Waals surface area (Å²) in [7, 11) is 1.92. The molecule has 1 unspecified atom stereocenters. The van der Waals surface area contributed by atoms with Gasteiger partial charge < -0.3 is 10.3 Å². The van der Waals surface area contributed by atoms with E-state index in [1.807, 2.05) is 34.7 Å². The number of ether oxygens (including phenoxy) is 1. The molecule has 5 rings (SSSR count). The van der Waals surface area contributed by atoms with E-state index >= 15 is 0 Å². The van der Waals surface area contributed by atoms with Gasteiger partial charge in [-0.2, -0.15) is 5.10 Å². The average Bonchev–Trinajstić information content (AvgIpc) is 3.52. The highest BCUT2D eigenvalue weighted by molar-refractivity contribution is 5.93. The molecule has 0 amide bonds. The maximum atomic E-state index is 12.7. The minimum Gasteiger partial charge on any atom is -0.383 e. The van der Waals surface area contributed by atoms with Gasteiger partial charge in [0.2, 0.25) is 0 Å². The molecule has 0 saturated carbocycles. The first-order valence-electron chi connectivity index (χ1n) is 11.3. The van der Waals surface area contributed by atoms with Crippen LogP contribution in [0.3, 0.4) is 0 Å². The maximum Gasteiger partial charge on any atom is 0.522 e. The SMILES string of the molecule is C=CCN1CC(n2nc(C#Cc3ccc4c(c3)ncn4C)c3c(N)nccc32)C[C@@H]1COC(F)(F)F. The van der Waals surface area contributed by atoms with E-state index in [4.69, 9.17) is 10.8 Å². The molecule has 8 nitrogen and oxygen atoms in total. The number of imidazole rings is 1. The largest absolute Gasteiger partial charge is 0.522 e. The van der Waals surface area contributed by atoms with Gasteiger partial charge in [-0.15, -0.1) is 19.8 Å². The predicted molar refractivity (Wildman–Crippen MR) is 130 cm³/mol. The van der Waals surface area contributed by atoms with Crippen LogP contribution in [0, 0.1) is 11.8 Å². The molecule has 1 fully saturated rings.